The van der Waals surface area contributed by atoms with E-state index in [1.165, 1.54) is 12.8 Å². The average molecular weight is 235 g/mol. The summed E-state index contributed by atoms with van der Waals surface area (Å²) in [6.07, 6.45) is 5.10. The molecular formula is C13H21N3O. The van der Waals surface area contributed by atoms with Gasteiger partial charge in [0.2, 0.25) is 0 Å². The molecule has 0 aromatic heterocycles. The van der Waals surface area contributed by atoms with Gasteiger partial charge in [-0.15, -0.1) is 0 Å². The SMILES string of the molecule is Nc1ccc(NC2CCCCCC2O)cc1N. The normalized spacial score (nSPS) is 25.2. The number of aliphatic hydroxyl groups excluding tert-OH is 1. The van der Waals surface area contributed by atoms with Crippen LogP contribution in [0.3, 0.4) is 0 Å². The number of nitrogen functional groups attached to an aromatic ring is 2. The Morgan fingerprint density at radius 1 is 1.06 bits per heavy atom. The second kappa shape index (κ2) is 5.27. The van der Waals surface area contributed by atoms with Gasteiger partial charge in [0, 0.05) is 5.69 Å². The molecule has 0 amide bonds. The van der Waals surface area contributed by atoms with Crippen LogP contribution in [-0.4, -0.2) is 17.3 Å². The molecule has 2 rings (SSSR count). The van der Waals surface area contributed by atoms with Crippen molar-refractivity contribution < 1.29 is 5.11 Å². The van der Waals surface area contributed by atoms with E-state index in [4.69, 9.17) is 11.5 Å². The lowest BCUT2D eigenvalue weighted by Crippen LogP contribution is -2.32. The predicted octanol–water partition coefficient (Wildman–Crippen LogP) is 1.96. The van der Waals surface area contributed by atoms with Crippen LogP contribution in [-0.2, 0) is 0 Å². The zero-order valence-corrected chi connectivity index (χ0v) is 10.0. The van der Waals surface area contributed by atoms with Crippen LogP contribution in [0.5, 0.6) is 0 Å². The lowest BCUT2D eigenvalue weighted by atomic mass is 10.1. The maximum absolute atomic E-state index is 10.0. The number of aliphatic hydroxyl groups is 1. The van der Waals surface area contributed by atoms with E-state index in [0.717, 1.165) is 24.9 Å². The molecule has 94 valence electrons. The number of anilines is 3. The lowest BCUT2D eigenvalue weighted by Gasteiger charge is -2.23. The minimum Gasteiger partial charge on any atom is -0.397 e. The molecule has 1 aliphatic carbocycles. The molecule has 2 unspecified atom stereocenters. The Labute approximate surface area is 102 Å². The molecule has 0 spiro atoms. The molecule has 1 saturated carbocycles. The minimum absolute atomic E-state index is 0.125. The van der Waals surface area contributed by atoms with Crippen LogP contribution in [0.1, 0.15) is 32.1 Å². The number of nitrogens with two attached hydrogens (primary N) is 2. The molecule has 0 aliphatic heterocycles. The summed E-state index contributed by atoms with van der Waals surface area (Å²) in [4.78, 5) is 0. The van der Waals surface area contributed by atoms with Crippen molar-refractivity contribution in [2.45, 2.75) is 44.2 Å². The van der Waals surface area contributed by atoms with E-state index in [1.54, 1.807) is 6.07 Å². The highest BCUT2D eigenvalue weighted by Crippen LogP contribution is 2.24. The summed E-state index contributed by atoms with van der Waals surface area (Å²) in [7, 11) is 0. The van der Waals surface area contributed by atoms with Crippen molar-refractivity contribution >= 4 is 17.1 Å². The fourth-order valence-corrected chi connectivity index (χ4v) is 2.34. The van der Waals surface area contributed by atoms with Crippen molar-refractivity contribution in [1.29, 1.82) is 0 Å². The molecule has 1 aliphatic rings. The van der Waals surface area contributed by atoms with Gasteiger partial charge in [-0.25, -0.2) is 0 Å². The van der Waals surface area contributed by atoms with Crippen LogP contribution in [0.15, 0.2) is 18.2 Å². The molecule has 0 bridgehead atoms. The smallest absolute Gasteiger partial charge is 0.0741 e. The summed E-state index contributed by atoms with van der Waals surface area (Å²) in [5, 5.41) is 13.4. The first kappa shape index (κ1) is 12.0. The van der Waals surface area contributed by atoms with Gasteiger partial charge in [0.15, 0.2) is 0 Å². The molecule has 1 fully saturated rings. The van der Waals surface area contributed by atoms with Crippen molar-refractivity contribution in [3.05, 3.63) is 18.2 Å². The zero-order chi connectivity index (χ0) is 12.3. The Hall–Kier alpha value is -1.42. The predicted molar refractivity (Wildman–Crippen MR) is 71.8 cm³/mol. The fourth-order valence-electron chi connectivity index (χ4n) is 2.34. The molecule has 17 heavy (non-hydrogen) atoms. The molecular weight excluding hydrogens is 214 g/mol. The maximum atomic E-state index is 10.0. The molecule has 2 atom stereocenters. The van der Waals surface area contributed by atoms with Crippen LogP contribution >= 0.6 is 0 Å². The Morgan fingerprint density at radius 3 is 2.59 bits per heavy atom. The van der Waals surface area contributed by atoms with Crippen LogP contribution in [0.25, 0.3) is 0 Å². The first-order valence-electron chi connectivity index (χ1n) is 6.26. The summed E-state index contributed by atoms with van der Waals surface area (Å²) in [6.45, 7) is 0. The molecule has 6 N–H and O–H groups in total. The van der Waals surface area contributed by atoms with Crippen molar-refractivity contribution in [3.63, 3.8) is 0 Å². The van der Waals surface area contributed by atoms with Crippen molar-refractivity contribution in [1.82, 2.24) is 0 Å². The number of benzene rings is 1. The summed E-state index contributed by atoms with van der Waals surface area (Å²) in [5.41, 5.74) is 13.5. The first-order chi connectivity index (χ1) is 8.16. The third-order valence-electron chi connectivity index (χ3n) is 3.42. The number of hydrogen-bond acceptors (Lipinski definition) is 4. The molecule has 1 aromatic carbocycles. The van der Waals surface area contributed by atoms with Gasteiger partial charge in [0.25, 0.3) is 0 Å². The number of nitrogens with one attached hydrogen (secondary N) is 1. The molecule has 4 heteroatoms. The van der Waals surface area contributed by atoms with E-state index < -0.39 is 0 Å². The second-order valence-corrected chi connectivity index (χ2v) is 4.80. The summed E-state index contributed by atoms with van der Waals surface area (Å²) in [6, 6.07) is 5.65. The van der Waals surface area contributed by atoms with Gasteiger partial charge >= 0.3 is 0 Å². The third-order valence-corrected chi connectivity index (χ3v) is 3.42. The Bertz CT molecular complexity index is 381. The van der Waals surface area contributed by atoms with Gasteiger partial charge in [0.1, 0.15) is 0 Å². The van der Waals surface area contributed by atoms with Crippen LogP contribution < -0.4 is 16.8 Å². The molecule has 4 nitrogen and oxygen atoms in total. The zero-order valence-electron chi connectivity index (χ0n) is 10.0. The van der Waals surface area contributed by atoms with Crippen LogP contribution in [0, 0.1) is 0 Å². The second-order valence-electron chi connectivity index (χ2n) is 4.80. The number of rotatable bonds is 2. The van der Waals surface area contributed by atoms with Crippen LogP contribution in [0.2, 0.25) is 0 Å². The van der Waals surface area contributed by atoms with Gasteiger partial charge in [0.05, 0.1) is 23.5 Å². The van der Waals surface area contributed by atoms with E-state index in [-0.39, 0.29) is 12.1 Å². The summed E-state index contributed by atoms with van der Waals surface area (Å²) >= 11 is 0. The first-order valence-corrected chi connectivity index (χ1v) is 6.26. The van der Waals surface area contributed by atoms with E-state index >= 15 is 0 Å². The molecule has 0 radical (unpaired) electrons. The number of hydrogen-bond donors (Lipinski definition) is 4. The minimum atomic E-state index is -0.267. The molecule has 0 heterocycles. The summed E-state index contributed by atoms with van der Waals surface area (Å²) < 4.78 is 0. The largest absolute Gasteiger partial charge is 0.397 e. The highest BCUT2D eigenvalue weighted by Gasteiger charge is 2.21. The van der Waals surface area contributed by atoms with E-state index in [0.29, 0.717) is 11.4 Å². The van der Waals surface area contributed by atoms with Crippen molar-refractivity contribution in [2.75, 3.05) is 16.8 Å². The maximum Gasteiger partial charge on any atom is 0.0741 e. The average Bonchev–Trinajstić information content (AvgIpc) is 2.50. The van der Waals surface area contributed by atoms with Crippen molar-refractivity contribution in [2.24, 2.45) is 0 Å². The van der Waals surface area contributed by atoms with Gasteiger partial charge in [-0.2, -0.15) is 0 Å². The quantitative estimate of drug-likeness (QED) is 0.466. The topological polar surface area (TPSA) is 84.3 Å². The monoisotopic (exact) mass is 235 g/mol. The Kier molecular flexibility index (Phi) is 3.74. The molecule has 0 saturated heterocycles. The standard InChI is InChI=1S/C13H21N3O/c14-10-7-6-9(8-11(10)15)16-12-4-2-1-3-5-13(12)17/h6-8,12-13,16-17H,1-5,14-15H2. The Balaban J connectivity index is 2.05. The van der Waals surface area contributed by atoms with E-state index in [9.17, 15) is 5.11 Å². The van der Waals surface area contributed by atoms with Crippen molar-refractivity contribution in [3.8, 4) is 0 Å². The van der Waals surface area contributed by atoms with E-state index in [2.05, 4.69) is 5.32 Å². The highest BCUT2D eigenvalue weighted by molar-refractivity contribution is 5.69. The lowest BCUT2D eigenvalue weighted by molar-refractivity contribution is 0.144. The van der Waals surface area contributed by atoms with Gasteiger partial charge in [-0.05, 0) is 31.0 Å². The fraction of sp³-hybridized carbons (Fsp3) is 0.538. The van der Waals surface area contributed by atoms with Crippen LogP contribution in [0.4, 0.5) is 17.1 Å². The van der Waals surface area contributed by atoms with E-state index in [1.807, 2.05) is 12.1 Å². The highest BCUT2D eigenvalue weighted by atomic mass is 16.3. The Morgan fingerprint density at radius 2 is 1.82 bits per heavy atom. The van der Waals surface area contributed by atoms with Gasteiger partial charge in [-0.3, -0.25) is 0 Å². The third kappa shape index (κ3) is 3.03. The van der Waals surface area contributed by atoms with Gasteiger partial charge < -0.3 is 21.9 Å². The summed E-state index contributed by atoms with van der Waals surface area (Å²) in [5.74, 6) is 0. The molecule has 1 aromatic rings. The van der Waals surface area contributed by atoms with Gasteiger partial charge in [-0.1, -0.05) is 19.3 Å².